The SMILES string of the molecule is CCOC(=O)c1n[nH]c(CN2CCCNCC2)n1. The second-order valence-electron chi connectivity index (χ2n) is 4.21. The van der Waals surface area contributed by atoms with Gasteiger partial charge >= 0.3 is 5.97 Å². The summed E-state index contributed by atoms with van der Waals surface area (Å²) in [7, 11) is 0. The summed E-state index contributed by atoms with van der Waals surface area (Å²) in [5.74, 6) is 0.345. The fraction of sp³-hybridized carbons (Fsp3) is 0.727. The second-order valence-corrected chi connectivity index (χ2v) is 4.21. The van der Waals surface area contributed by atoms with Crippen LogP contribution in [0.5, 0.6) is 0 Å². The summed E-state index contributed by atoms with van der Waals surface area (Å²) in [5.41, 5.74) is 0. The predicted molar refractivity (Wildman–Crippen MR) is 65.1 cm³/mol. The summed E-state index contributed by atoms with van der Waals surface area (Å²) >= 11 is 0. The Morgan fingerprint density at radius 3 is 3.17 bits per heavy atom. The lowest BCUT2D eigenvalue weighted by atomic mass is 10.4. The molecule has 0 bridgehead atoms. The largest absolute Gasteiger partial charge is 0.460 e. The molecule has 0 amide bonds. The van der Waals surface area contributed by atoms with E-state index < -0.39 is 5.97 Å². The van der Waals surface area contributed by atoms with Crippen molar-refractivity contribution in [2.24, 2.45) is 0 Å². The quantitative estimate of drug-likeness (QED) is 0.722. The molecule has 18 heavy (non-hydrogen) atoms. The third-order valence-electron chi connectivity index (χ3n) is 2.80. The Bertz CT molecular complexity index is 385. The van der Waals surface area contributed by atoms with E-state index in [-0.39, 0.29) is 5.82 Å². The van der Waals surface area contributed by atoms with Crippen LogP contribution in [0, 0.1) is 0 Å². The minimum absolute atomic E-state index is 0.111. The van der Waals surface area contributed by atoms with E-state index in [4.69, 9.17) is 4.74 Å². The summed E-state index contributed by atoms with van der Waals surface area (Å²) in [5, 5.41) is 10.0. The highest BCUT2D eigenvalue weighted by atomic mass is 16.5. The predicted octanol–water partition coefficient (Wildman–Crippen LogP) is -0.223. The fourth-order valence-electron chi connectivity index (χ4n) is 1.92. The molecule has 1 aliphatic heterocycles. The Morgan fingerprint density at radius 2 is 2.33 bits per heavy atom. The number of aromatic nitrogens is 3. The molecule has 7 heteroatoms. The zero-order chi connectivity index (χ0) is 12.8. The number of hydrogen-bond donors (Lipinski definition) is 2. The molecule has 0 saturated carbocycles. The maximum absolute atomic E-state index is 11.4. The van der Waals surface area contributed by atoms with E-state index in [9.17, 15) is 4.79 Å². The number of nitrogens with one attached hydrogen (secondary N) is 2. The first-order valence-corrected chi connectivity index (χ1v) is 6.31. The van der Waals surface area contributed by atoms with E-state index in [1.165, 1.54) is 0 Å². The van der Waals surface area contributed by atoms with Gasteiger partial charge in [0.2, 0.25) is 0 Å². The lowest BCUT2D eigenvalue weighted by molar-refractivity contribution is 0.0512. The van der Waals surface area contributed by atoms with Crippen molar-refractivity contribution in [2.45, 2.75) is 19.9 Å². The van der Waals surface area contributed by atoms with Crippen molar-refractivity contribution >= 4 is 5.97 Å². The van der Waals surface area contributed by atoms with Crippen molar-refractivity contribution in [2.75, 3.05) is 32.8 Å². The molecule has 0 aliphatic carbocycles. The maximum atomic E-state index is 11.4. The van der Waals surface area contributed by atoms with Crippen LogP contribution in [-0.2, 0) is 11.3 Å². The number of H-pyrrole nitrogens is 1. The van der Waals surface area contributed by atoms with Crippen molar-refractivity contribution in [3.8, 4) is 0 Å². The molecule has 7 nitrogen and oxygen atoms in total. The number of carbonyl (C=O) groups excluding carboxylic acids is 1. The molecule has 0 spiro atoms. The number of hydrogen-bond acceptors (Lipinski definition) is 6. The first-order chi connectivity index (χ1) is 8.79. The summed E-state index contributed by atoms with van der Waals surface area (Å²) < 4.78 is 4.84. The molecular formula is C11H19N5O2. The summed E-state index contributed by atoms with van der Waals surface area (Å²) in [6, 6.07) is 0. The molecule has 0 unspecified atom stereocenters. The minimum atomic E-state index is -0.475. The van der Waals surface area contributed by atoms with Crippen molar-refractivity contribution < 1.29 is 9.53 Å². The van der Waals surface area contributed by atoms with Gasteiger partial charge in [0.05, 0.1) is 13.2 Å². The molecule has 100 valence electrons. The van der Waals surface area contributed by atoms with Gasteiger partial charge in [0.25, 0.3) is 5.82 Å². The van der Waals surface area contributed by atoms with Crippen molar-refractivity contribution in [1.82, 2.24) is 25.4 Å². The highest BCUT2D eigenvalue weighted by molar-refractivity contribution is 5.84. The molecule has 2 heterocycles. The first kappa shape index (κ1) is 13.0. The number of rotatable bonds is 4. The van der Waals surface area contributed by atoms with Crippen molar-refractivity contribution in [1.29, 1.82) is 0 Å². The van der Waals surface area contributed by atoms with Crippen LogP contribution in [0.3, 0.4) is 0 Å². The molecule has 1 aliphatic rings. The van der Waals surface area contributed by atoms with Crippen LogP contribution in [0.1, 0.15) is 29.8 Å². The molecule has 0 aromatic carbocycles. The summed E-state index contributed by atoms with van der Waals surface area (Å²) in [4.78, 5) is 17.9. The van der Waals surface area contributed by atoms with Gasteiger partial charge in [-0.15, -0.1) is 5.10 Å². The smallest absolute Gasteiger partial charge is 0.378 e. The molecule has 1 aromatic rings. The Kier molecular flexibility index (Phi) is 4.66. The lowest BCUT2D eigenvalue weighted by Gasteiger charge is -2.17. The van der Waals surface area contributed by atoms with Gasteiger partial charge in [-0.3, -0.25) is 10.00 Å². The Labute approximate surface area is 106 Å². The molecule has 1 aromatic heterocycles. The van der Waals surface area contributed by atoms with Crippen LogP contribution in [0.2, 0.25) is 0 Å². The van der Waals surface area contributed by atoms with Gasteiger partial charge in [-0.1, -0.05) is 0 Å². The van der Waals surface area contributed by atoms with E-state index in [1.54, 1.807) is 6.92 Å². The Balaban J connectivity index is 1.91. The van der Waals surface area contributed by atoms with Crippen LogP contribution in [0.15, 0.2) is 0 Å². The summed E-state index contributed by atoms with van der Waals surface area (Å²) in [6.45, 7) is 6.84. The Morgan fingerprint density at radius 1 is 1.44 bits per heavy atom. The molecule has 2 rings (SSSR count). The molecule has 1 fully saturated rings. The fourth-order valence-corrected chi connectivity index (χ4v) is 1.92. The summed E-state index contributed by atoms with van der Waals surface area (Å²) in [6.07, 6.45) is 1.12. The van der Waals surface area contributed by atoms with Gasteiger partial charge in [-0.2, -0.15) is 0 Å². The van der Waals surface area contributed by atoms with Crippen LogP contribution >= 0.6 is 0 Å². The average Bonchev–Trinajstić information content (AvgIpc) is 2.67. The van der Waals surface area contributed by atoms with E-state index >= 15 is 0 Å². The molecule has 2 N–H and O–H groups in total. The highest BCUT2D eigenvalue weighted by Crippen LogP contribution is 2.03. The van der Waals surface area contributed by atoms with E-state index in [0.717, 1.165) is 32.6 Å². The molecule has 0 atom stereocenters. The monoisotopic (exact) mass is 253 g/mol. The number of carbonyl (C=O) groups is 1. The number of esters is 1. The van der Waals surface area contributed by atoms with Crippen molar-refractivity contribution in [3.63, 3.8) is 0 Å². The topological polar surface area (TPSA) is 83.1 Å². The van der Waals surface area contributed by atoms with Gasteiger partial charge in [0, 0.05) is 13.1 Å². The maximum Gasteiger partial charge on any atom is 0.378 e. The second kappa shape index (κ2) is 6.46. The standard InChI is InChI=1S/C11H19N5O2/c1-2-18-11(17)10-13-9(14-15-10)8-16-6-3-4-12-5-7-16/h12H,2-8H2,1H3,(H,13,14,15). The van der Waals surface area contributed by atoms with Gasteiger partial charge in [0.15, 0.2) is 0 Å². The first-order valence-electron chi connectivity index (χ1n) is 6.31. The number of nitrogens with zero attached hydrogens (tertiary/aromatic N) is 3. The van der Waals surface area contributed by atoms with E-state index in [1.807, 2.05) is 0 Å². The average molecular weight is 253 g/mol. The van der Waals surface area contributed by atoms with Gasteiger partial charge in [-0.05, 0) is 26.4 Å². The van der Waals surface area contributed by atoms with Gasteiger partial charge < -0.3 is 10.1 Å². The van der Waals surface area contributed by atoms with E-state index in [0.29, 0.717) is 19.0 Å². The molecular weight excluding hydrogens is 234 g/mol. The van der Waals surface area contributed by atoms with Crippen LogP contribution in [0.4, 0.5) is 0 Å². The van der Waals surface area contributed by atoms with Gasteiger partial charge in [0.1, 0.15) is 5.82 Å². The van der Waals surface area contributed by atoms with E-state index in [2.05, 4.69) is 25.4 Å². The molecule has 0 radical (unpaired) electrons. The van der Waals surface area contributed by atoms with Gasteiger partial charge in [-0.25, -0.2) is 9.78 Å². The van der Waals surface area contributed by atoms with Crippen LogP contribution < -0.4 is 5.32 Å². The number of aromatic amines is 1. The zero-order valence-electron chi connectivity index (χ0n) is 10.6. The van der Waals surface area contributed by atoms with Crippen LogP contribution in [-0.4, -0.2) is 58.8 Å². The minimum Gasteiger partial charge on any atom is -0.460 e. The normalized spacial score (nSPS) is 17.4. The third-order valence-corrected chi connectivity index (χ3v) is 2.80. The van der Waals surface area contributed by atoms with Crippen LogP contribution in [0.25, 0.3) is 0 Å². The lowest BCUT2D eigenvalue weighted by Crippen LogP contribution is -2.28. The molecule has 1 saturated heterocycles. The zero-order valence-corrected chi connectivity index (χ0v) is 10.6. The third kappa shape index (κ3) is 3.51. The number of ether oxygens (including phenoxy) is 1. The highest BCUT2D eigenvalue weighted by Gasteiger charge is 2.15. The van der Waals surface area contributed by atoms with Crippen molar-refractivity contribution in [3.05, 3.63) is 11.6 Å². The Hall–Kier alpha value is -1.47.